The van der Waals surface area contributed by atoms with E-state index in [2.05, 4.69) is 137 Å². The van der Waals surface area contributed by atoms with Gasteiger partial charge in [-0.1, -0.05) is 164 Å². The molecule has 4 nitrogen and oxygen atoms in total. The molecule has 0 saturated heterocycles. The van der Waals surface area contributed by atoms with E-state index in [-0.39, 0.29) is 11.1 Å². The molecule has 0 spiro atoms. The fraction of sp³-hybridized carbons (Fsp3) is 0.0145. The van der Waals surface area contributed by atoms with E-state index < -0.39 is 11.7 Å². The van der Waals surface area contributed by atoms with Crippen LogP contribution in [0.5, 0.6) is 0 Å². The van der Waals surface area contributed by atoms with Crippen molar-refractivity contribution in [1.82, 2.24) is 9.13 Å². The molecular weight excluding hydrogens is 942 g/mol. The third-order valence-corrected chi connectivity index (χ3v) is 14.6. The Morgan fingerprint density at radius 2 is 0.645 bits per heavy atom. The zero-order chi connectivity index (χ0) is 51.5. The number of nitriles is 2. The minimum absolute atomic E-state index is 0.0598. The first-order valence-electron chi connectivity index (χ1n) is 24.9. The number of alkyl halides is 3. The van der Waals surface area contributed by atoms with E-state index in [1.54, 1.807) is 12.1 Å². The molecular formula is C69H41F3N4. The Labute approximate surface area is 436 Å². The normalized spacial score (nSPS) is 11.6. The van der Waals surface area contributed by atoms with Gasteiger partial charge >= 0.3 is 6.18 Å². The first-order chi connectivity index (χ1) is 37.2. The van der Waals surface area contributed by atoms with Crippen LogP contribution < -0.4 is 0 Å². The molecule has 0 aliphatic rings. The molecule has 0 bridgehead atoms. The maximum atomic E-state index is 15.2. The van der Waals surface area contributed by atoms with Gasteiger partial charge in [0, 0.05) is 32.7 Å². The molecule has 0 saturated carbocycles. The highest BCUT2D eigenvalue weighted by atomic mass is 19.4. The fourth-order valence-electron chi connectivity index (χ4n) is 11.0. The van der Waals surface area contributed by atoms with E-state index in [1.165, 1.54) is 12.1 Å². The quantitative estimate of drug-likeness (QED) is 0.152. The molecule has 0 radical (unpaired) electrons. The van der Waals surface area contributed by atoms with Crippen LogP contribution in [0.1, 0.15) is 16.7 Å². The van der Waals surface area contributed by atoms with Crippen LogP contribution in [0.3, 0.4) is 0 Å². The predicted octanol–water partition coefficient (Wildman–Crippen LogP) is 18.6. The summed E-state index contributed by atoms with van der Waals surface area (Å²) in [5.74, 6) is 0. The lowest BCUT2D eigenvalue weighted by Gasteiger charge is -2.21. The second-order valence-corrected chi connectivity index (χ2v) is 19.0. The Kier molecular flexibility index (Phi) is 11.0. The number of aromatic nitrogens is 2. The van der Waals surface area contributed by atoms with Gasteiger partial charge in [0.05, 0.1) is 62.3 Å². The number of hydrogen-bond donors (Lipinski definition) is 0. The summed E-state index contributed by atoms with van der Waals surface area (Å²) < 4.78 is 50.0. The Balaban J connectivity index is 1.13. The van der Waals surface area contributed by atoms with Crippen molar-refractivity contribution in [3.8, 4) is 90.3 Å². The molecule has 11 aromatic carbocycles. The molecule has 0 N–H and O–H groups in total. The van der Waals surface area contributed by atoms with Crippen LogP contribution in [0.25, 0.3) is 122 Å². The van der Waals surface area contributed by atoms with E-state index in [4.69, 9.17) is 0 Å². The highest BCUT2D eigenvalue weighted by molar-refractivity contribution is 6.14. The minimum atomic E-state index is -4.76. The second-order valence-electron chi connectivity index (χ2n) is 19.0. The summed E-state index contributed by atoms with van der Waals surface area (Å²) in [7, 11) is 0. The van der Waals surface area contributed by atoms with E-state index in [0.29, 0.717) is 27.9 Å². The summed E-state index contributed by atoms with van der Waals surface area (Å²) in [5.41, 5.74) is 14.4. The van der Waals surface area contributed by atoms with Gasteiger partial charge in [0.15, 0.2) is 0 Å². The van der Waals surface area contributed by atoms with E-state index in [1.807, 2.05) is 103 Å². The van der Waals surface area contributed by atoms with E-state index in [9.17, 15) is 10.5 Å². The monoisotopic (exact) mass is 982 g/mol. The van der Waals surface area contributed by atoms with Crippen molar-refractivity contribution >= 4 is 43.6 Å². The summed E-state index contributed by atoms with van der Waals surface area (Å²) in [6, 6.07) is 85.9. The molecule has 2 heterocycles. The minimum Gasteiger partial charge on any atom is -0.309 e. The maximum Gasteiger partial charge on any atom is 0.417 e. The first kappa shape index (κ1) is 45.6. The zero-order valence-corrected chi connectivity index (χ0v) is 40.6. The summed E-state index contributed by atoms with van der Waals surface area (Å²) in [4.78, 5) is 0. The van der Waals surface area contributed by atoms with Crippen molar-refractivity contribution in [1.29, 1.82) is 10.5 Å². The Hall–Kier alpha value is -10.2. The largest absolute Gasteiger partial charge is 0.417 e. The molecule has 7 heteroatoms. The molecule has 0 amide bonds. The van der Waals surface area contributed by atoms with Crippen LogP contribution in [0.15, 0.2) is 249 Å². The molecule has 2 aromatic heterocycles. The lowest BCUT2D eigenvalue weighted by atomic mass is 9.92. The van der Waals surface area contributed by atoms with Gasteiger partial charge in [-0.05, 0) is 141 Å². The summed E-state index contributed by atoms with van der Waals surface area (Å²) >= 11 is 0. The first-order valence-corrected chi connectivity index (χ1v) is 24.9. The van der Waals surface area contributed by atoms with Crippen LogP contribution in [-0.2, 0) is 6.18 Å². The summed E-state index contributed by atoms with van der Waals surface area (Å²) in [6.45, 7) is 0. The van der Waals surface area contributed by atoms with Gasteiger partial charge < -0.3 is 9.13 Å². The number of benzene rings is 11. The second kappa shape index (κ2) is 18.4. The third kappa shape index (κ3) is 7.87. The van der Waals surface area contributed by atoms with Crippen LogP contribution in [-0.4, -0.2) is 9.13 Å². The van der Waals surface area contributed by atoms with E-state index >= 15 is 13.2 Å². The number of rotatable bonds is 8. The van der Waals surface area contributed by atoms with Crippen molar-refractivity contribution in [2.24, 2.45) is 0 Å². The number of halogens is 3. The average Bonchev–Trinajstić information content (AvgIpc) is 4.02. The number of fused-ring (bicyclic) bond motifs is 6. The predicted molar refractivity (Wildman–Crippen MR) is 302 cm³/mol. The van der Waals surface area contributed by atoms with Crippen molar-refractivity contribution in [3.63, 3.8) is 0 Å². The molecule has 76 heavy (non-hydrogen) atoms. The Morgan fingerprint density at radius 3 is 1.03 bits per heavy atom. The molecule has 13 aromatic rings. The van der Waals surface area contributed by atoms with Crippen LogP contribution in [0.2, 0.25) is 0 Å². The van der Waals surface area contributed by atoms with Gasteiger partial charge in [-0.25, -0.2) is 0 Å². The smallest absolute Gasteiger partial charge is 0.309 e. The standard InChI is InChI=1S/C69H41F3N4/c70-69(71,72)62-35-44(42-73)21-28-55(62)54-27-34-63(75-64-30-23-50(46-13-5-1-6-14-46)37-58(64)59-38-51(24-31-65(59)75)47-15-7-2-8-16-47)57(41-54)56-29-22-45(43-74)36-68(56)76-66-32-25-52(48-17-9-3-10-18-48)39-60(66)61-40-53(26-33-67(61)76)49-19-11-4-12-20-49/h1-41H. The molecule has 358 valence electrons. The SMILES string of the molecule is N#Cc1ccc(-c2cc(-c3ccc(C#N)cc3C(F)(F)F)ccc2-n2c3ccc(-c4ccccc4)cc3c3cc(-c4ccccc4)ccc32)c(-n2c3ccc(-c4ccccc4)cc3c3cc(-c4ccccc4)ccc32)c1. The molecule has 0 unspecified atom stereocenters. The van der Waals surface area contributed by atoms with E-state index in [0.717, 1.165) is 99.9 Å². The third-order valence-electron chi connectivity index (χ3n) is 14.6. The van der Waals surface area contributed by atoms with Gasteiger partial charge in [0.25, 0.3) is 0 Å². The molecule has 0 fully saturated rings. The maximum absolute atomic E-state index is 15.2. The van der Waals surface area contributed by atoms with Crippen LogP contribution >= 0.6 is 0 Å². The topological polar surface area (TPSA) is 57.4 Å². The zero-order valence-electron chi connectivity index (χ0n) is 40.6. The van der Waals surface area contributed by atoms with Crippen molar-refractivity contribution in [2.75, 3.05) is 0 Å². The average molecular weight is 983 g/mol. The lowest BCUT2D eigenvalue weighted by molar-refractivity contribution is -0.137. The molecule has 0 aliphatic carbocycles. The van der Waals surface area contributed by atoms with Crippen LogP contribution in [0.4, 0.5) is 13.2 Å². The van der Waals surface area contributed by atoms with Crippen molar-refractivity contribution < 1.29 is 13.2 Å². The molecule has 0 aliphatic heterocycles. The van der Waals surface area contributed by atoms with Gasteiger partial charge in [0.2, 0.25) is 0 Å². The van der Waals surface area contributed by atoms with Gasteiger partial charge in [-0.2, -0.15) is 23.7 Å². The Bertz CT molecular complexity index is 4310. The number of nitrogens with zero attached hydrogens (tertiary/aromatic N) is 4. The van der Waals surface area contributed by atoms with Crippen molar-refractivity contribution in [3.05, 3.63) is 265 Å². The van der Waals surface area contributed by atoms with Gasteiger partial charge in [0.1, 0.15) is 0 Å². The van der Waals surface area contributed by atoms with Crippen LogP contribution in [0, 0.1) is 22.7 Å². The molecule has 0 atom stereocenters. The summed E-state index contributed by atoms with van der Waals surface area (Å²) in [6.07, 6.45) is -4.76. The number of hydrogen-bond acceptors (Lipinski definition) is 2. The Morgan fingerprint density at radius 1 is 0.289 bits per heavy atom. The highest BCUT2D eigenvalue weighted by Gasteiger charge is 2.34. The lowest BCUT2D eigenvalue weighted by Crippen LogP contribution is -2.08. The fourth-order valence-corrected chi connectivity index (χ4v) is 11.0. The summed E-state index contributed by atoms with van der Waals surface area (Å²) in [5, 5.41) is 24.4. The highest BCUT2D eigenvalue weighted by Crippen LogP contribution is 2.46. The molecule has 13 rings (SSSR count). The van der Waals surface area contributed by atoms with Gasteiger partial charge in [-0.3, -0.25) is 0 Å². The van der Waals surface area contributed by atoms with Gasteiger partial charge in [-0.15, -0.1) is 0 Å². The van der Waals surface area contributed by atoms with Crippen molar-refractivity contribution in [2.45, 2.75) is 6.18 Å².